The van der Waals surface area contributed by atoms with Gasteiger partial charge in [-0.25, -0.2) is 0 Å². The van der Waals surface area contributed by atoms with Crippen molar-refractivity contribution in [3.8, 4) is 0 Å². The molecule has 32 heavy (non-hydrogen) atoms. The van der Waals surface area contributed by atoms with Gasteiger partial charge in [-0.3, -0.25) is 0 Å². The fourth-order valence-corrected chi connectivity index (χ4v) is 4.69. The maximum atomic E-state index is 9.22. The van der Waals surface area contributed by atoms with Crippen LogP contribution in [0.5, 0.6) is 0 Å². The molecule has 7 heteroatoms. The van der Waals surface area contributed by atoms with Crippen molar-refractivity contribution in [3.63, 3.8) is 0 Å². The molecule has 0 amide bonds. The minimum absolute atomic E-state index is 0.0695. The second-order valence-electron chi connectivity index (χ2n) is 7.76. The summed E-state index contributed by atoms with van der Waals surface area (Å²) >= 11 is 1.95. The predicted molar refractivity (Wildman–Crippen MR) is 134 cm³/mol. The Morgan fingerprint density at radius 1 is 1.06 bits per heavy atom. The molecule has 0 fully saturated rings. The van der Waals surface area contributed by atoms with E-state index in [0.717, 1.165) is 30.0 Å². The normalized spacial score (nSPS) is 15.5. The van der Waals surface area contributed by atoms with Crippen molar-refractivity contribution in [1.29, 1.82) is 0 Å². The summed E-state index contributed by atoms with van der Waals surface area (Å²) < 4.78 is 2.31. The van der Waals surface area contributed by atoms with Crippen LogP contribution in [0.25, 0.3) is 12.2 Å². The molecule has 6 nitrogen and oxygen atoms in total. The maximum absolute atomic E-state index is 9.22. The van der Waals surface area contributed by atoms with E-state index in [-0.39, 0.29) is 13.2 Å². The third kappa shape index (κ3) is 7.29. The van der Waals surface area contributed by atoms with E-state index >= 15 is 0 Å². The molecule has 1 aromatic carbocycles. The Balaban J connectivity index is 1.51. The smallest absolute Gasteiger partial charge is 0.205 e. The van der Waals surface area contributed by atoms with Crippen molar-refractivity contribution in [1.82, 2.24) is 10.2 Å². The van der Waals surface area contributed by atoms with Gasteiger partial charge >= 0.3 is 0 Å². The van der Waals surface area contributed by atoms with Crippen molar-refractivity contribution in [2.75, 3.05) is 44.0 Å². The van der Waals surface area contributed by atoms with Gasteiger partial charge in [0.25, 0.3) is 0 Å². The first-order valence-electron chi connectivity index (χ1n) is 11.2. The Hall–Kier alpha value is -2.48. The number of unbranched alkanes of at least 4 members (excludes halogenated alkanes) is 1. The Bertz CT molecular complexity index is 867. The van der Waals surface area contributed by atoms with Gasteiger partial charge in [-0.15, -0.1) is 11.8 Å². The number of aliphatic hydroxyl groups is 2. The van der Waals surface area contributed by atoms with Gasteiger partial charge in [0.15, 0.2) is 6.20 Å². The molecule has 1 unspecified atom stereocenters. The summed E-state index contributed by atoms with van der Waals surface area (Å²) in [5.74, 6) is 1.14. The Labute approximate surface area is 195 Å². The molecule has 0 bridgehead atoms. The second-order valence-corrected chi connectivity index (χ2v) is 8.94. The quantitative estimate of drug-likeness (QED) is 0.319. The fourth-order valence-electron chi connectivity index (χ4n) is 3.62. The lowest BCUT2D eigenvalue weighted by atomic mass is 10.1. The van der Waals surface area contributed by atoms with E-state index in [0.29, 0.717) is 18.6 Å². The number of nitrogens with one attached hydrogen (secondary N) is 1. The van der Waals surface area contributed by atoms with Gasteiger partial charge in [-0.1, -0.05) is 12.1 Å². The number of benzene rings is 1. The fraction of sp³-hybridized carbons (Fsp3) is 0.400. The molecule has 0 radical (unpaired) electrons. The summed E-state index contributed by atoms with van der Waals surface area (Å²) in [5, 5.41) is 21.8. The number of anilines is 1. The molecular formula is C25H35N4O2S+. The topological polar surface area (TPSA) is 62.9 Å². The summed E-state index contributed by atoms with van der Waals surface area (Å²) in [5.41, 5.74) is 3.68. The summed E-state index contributed by atoms with van der Waals surface area (Å²) in [7, 11) is 2.10. The molecule has 3 N–H and O–H groups in total. The molecule has 1 aliphatic heterocycles. The highest BCUT2D eigenvalue weighted by molar-refractivity contribution is 7.99. The van der Waals surface area contributed by atoms with E-state index in [1.165, 1.54) is 12.1 Å². The van der Waals surface area contributed by atoms with Crippen molar-refractivity contribution in [3.05, 3.63) is 72.3 Å². The zero-order valence-corrected chi connectivity index (χ0v) is 19.6. The highest BCUT2D eigenvalue weighted by Crippen LogP contribution is 2.18. The van der Waals surface area contributed by atoms with Gasteiger partial charge in [0, 0.05) is 62.9 Å². The third-order valence-corrected chi connectivity index (χ3v) is 6.72. The summed E-state index contributed by atoms with van der Waals surface area (Å²) in [6, 6.07) is 14.5. The number of aromatic nitrogens is 1. The predicted octanol–water partition coefficient (Wildman–Crippen LogP) is 2.74. The number of thioether (sulfide) groups is 1. The molecule has 1 aromatic heterocycles. The van der Waals surface area contributed by atoms with Gasteiger partial charge in [0.1, 0.15) is 12.0 Å². The van der Waals surface area contributed by atoms with Gasteiger partial charge < -0.3 is 25.3 Å². The zero-order valence-electron chi connectivity index (χ0n) is 18.8. The van der Waals surface area contributed by atoms with Crippen molar-refractivity contribution < 1.29 is 14.8 Å². The van der Waals surface area contributed by atoms with E-state index in [2.05, 4.69) is 76.7 Å². The van der Waals surface area contributed by atoms with Gasteiger partial charge in [0.05, 0.1) is 13.2 Å². The number of aryl methyl sites for hydroxylation is 1. The van der Waals surface area contributed by atoms with E-state index < -0.39 is 0 Å². The van der Waals surface area contributed by atoms with E-state index in [4.69, 9.17) is 0 Å². The van der Waals surface area contributed by atoms with Crippen LogP contribution in [0.15, 0.2) is 61.1 Å². The van der Waals surface area contributed by atoms with Crippen molar-refractivity contribution >= 4 is 29.6 Å². The van der Waals surface area contributed by atoms with E-state index in [9.17, 15) is 10.2 Å². The molecule has 172 valence electrons. The minimum atomic E-state index is 0.0695. The number of nitrogens with zero attached hydrogens (tertiary/aromatic N) is 3. The van der Waals surface area contributed by atoms with Crippen LogP contribution >= 0.6 is 11.8 Å². The molecule has 2 heterocycles. The Morgan fingerprint density at radius 2 is 1.84 bits per heavy atom. The lowest BCUT2D eigenvalue weighted by Gasteiger charge is -2.22. The molecule has 2 aromatic rings. The molecule has 0 aliphatic carbocycles. The number of hydrogen-bond acceptors (Lipinski definition) is 6. The van der Waals surface area contributed by atoms with Crippen LogP contribution in [0.2, 0.25) is 0 Å². The summed E-state index contributed by atoms with van der Waals surface area (Å²) in [6.07, 6.45) is 12.8. The molecule has 3 rings (SSSR count). The number of hydrogen-bond donors (Lipinski definition) is 3. The van der Waals surface area contributed by atoms with Crippen LogP contribution in [0.4, 0.5) is 5.69 Å². The highest BCUT2D eigenvalue weighted by atomic mass is 32.2. The highest BCUT2D eigenvalue weighted by Gasteiger charge is 2.14. The molecule has 1 atom stereocenters. The first kappa shape index (κ1) is 24.2. The molecule has 0 saturated carbocycles. The zero-order chi connectivity index (χ0) is 22.6. The Morgan fingerprint density at radius 3 is 2.53 bits per heavy atom. The summed E-state index contributed by atoms with van der Waals surface area (Å²) in [4.78, 5) is 4.18. The minimum Gasteiger partial charge on any atom is -0.395 e. The van der Waals surface area contributed by atoms with Gasteiger partial charge in [0.2, 0.25) is 5.69 Å². The van der Waals surface area contributed by atoms with Crippen LogP contribution < -0.4 is 14.8 Å². The van der Waals surface area contributed by atoms with Crippen molar-refractivity contribution in [2.45, 2.75) is 24.9 Å². The molecule has 0 saturated heterocycles. The van der Waals surface area contributed by atoms with Crippen LogP contribution in [-0.4, -0.2) is 59.7 Å². The lowest BCUT2D eigenvalue weighted by molar-refractivity contribution is -0.699. The SMILES string of the molecule is CN1C=CNC1SCCCC[n+]1ccccc1C=Cc1ccc(N(CCO)CCO)cc1. The monoisotopic (exact) mass is 455 g/mol. The molecule has 1 aliphatic rings. The van der Waals surface area contributed by atoms with Gasteiger partial charge in [-0.05, 0) is 42.0 Å². The van der Waals surface area contributed by atoms with E-state index in [1.807, 2.05) is 35.0 Å². The van der Waals surface area contributed by atoms with Crippen molar-refractivity contribution in [2.24, 2.45) is 0 Å². The lowest BCUT2D eigenvalue weighted by Crippen LogP contribution is -2.36. The largest absolute Gasteiger partial charge is 0.395 e. The second kappa shape index (κ2) is 13.2. The number of pyridine rings is 1. The summed E-state index contributed by atoms with van der Waals surface area (Å²) in [6.45, 7) is 2.18. The Kier molecular flexibility index (Phi) is 9.94. The maximum Gasteiger partial charge on any atom is 0.205 e. The first-order chi connectivity index (χ1) is 15.7. The average Bonchev–Trinajstić information content (AvgIpc) is 3.23. The standard InChI is InChI=1S/C25H35N4O2S/c1-27-16-13-26-25(27)32-21-5-4-15-28-14-3-2-6-23(28)10-7-22-8-11-24(12-9-22)29(17-19-30)18-20-31/h2-3,6-14,16,25-26,30-31H,4-5,15,17-21H2,1H3/q+1. The van der Waals surface area contributed by atoms with Crippen LogP contribution in [0, 0.1) is 0 Å². The van der Waals surface area contributed by atoms with Crippen LogP contribution in [-0.2, 0) is 6.54 Å². The van der Waals surface area contributed by atoms with E-state index in [1.54, 1.807) is 0 Å². The average molecular weight is 456 g/mol. The molecular weight excluding hydrogens is 420 g/mol. The number of rotatable bonds is 13. The van der Waals surface area contributed by atoms with Gasteiger partial charge in [-0.2, -0.15) is 4.57 Å². The van der Waals surface area contributed by atoms with Crippen LogP contribution in [0.3, 0.4) is 0 Å². The number of aliphatic hydroxyl groups excluding tert-OH is 2. The molecule has 0 spiro atoms. The third-order valence-electron chi connectivity index (χ3n) is 5.41. The first-order valence-corrected chi connectivity index (χ1v) is 12.3. The van der Waals surface area contributed by atoms with Crippen LogP contribution in [0.1, 0.15) is 24.1 Å².